The third-order valence-corrected chi connectivity index (χ3v) is 4.15. The van der Waals surface area contributed by atoms with Crippen LogP contribution < -0.4 is 11.3 Å². The fourth-order valence-corrected chi connectivity index (χ4v) is 3.19. The van der Waals surface area contributed by atoms with Gasteiger partial charge < -0.3 is 4.74 Å². The topological polar surface area (TPSA) is 90.9 Å². The molecule has 3 N–H and O–H groups in total. The molecule has 20 heavy (non-hydrogen) atoms. The lowest BCUT2D eigenvalue weighted by atomic mass is 9.84. The van der Waals surface area contributed by atoms with Crippen LogP contribution >= 0.6 is 0 Å². The van der Waals surface area contributed by atoms with E-state index < -0.39 is 0 Å². The Morgan fingerprint density at radius 2 is 2.05 bits per heavy atom. The molecule has 7 heteroatoms. The quantitative estimate of drug-likeness (QED) is 0.454. The van der Waals surface area contributed by atoms with Crippen LogP contribution in [0.5, 0.6) is 0 Å². The minimum absolute atomic E-state index is 0.0183. The molecule has 114 valence electrons. The third-order valence-electron chi connectivity index (χ3n) is 4.15. The van der Waals surface area contributed by atoms with E-state index in [1.54, 1.807) is 7.05 Å². The minimum atomic E-state index is -0.209. The predicted molar refractivity (Wildman–Crippen MR) is 75.7 cm³/mol. The summed E-state index contributed by atoms with van der Waals surface area (Å²) in [6, 6.07) is 0.0183. The maximum atomic E-state index is 6.16. The van der Waals surface area contributed by atoms with E-state index in [4.69, 9.17) is 10.6 Å². The number of aryl methyl sites for hydroxylation is 1. The monoisotopic (exact) mass is 282 g/mol. The lowest BCUT2D eigenvalue weighted by Gasteiger charge is -2.39. The number of aromatic nitrogens is 4. The first kappa shape index (κ1) is 15.3. The highest BCUT2D eigenvalue weighted by Gasteiger charge is 2.40. The summed E-state index contributed by atoms with van der Waals surface area (Å²) in [5.74, 6) is 6.52. The van der Waals surface area contributed by atoms with Crippen LogP contribution in [0, 0.1) is 0 Å². The molecular formula is C13H26N6O. The number of nitrogens with zero attached hydrogens (tertiary/aromatic N) is 4. The van der Waals surface area contributed by atoms with Crippen molar-refractivity contribution in [2.75, 3.05) is 6.61 Å². The second-order valence-electron chi connectivity index (χ2n) is 5.53. The molecule has 1 aliphatic rings. The van der Waals surface area contributed by atoms with E-state index >= 15 is 0 Å². The van der Waals surface area contributed by atoms with Crippen LogP contribution in [0.15, 0.2) is 0 Å². The molecule has 1 aliphatic carbocycles. The largest absolute Gasteiger partial charge is 0.374 e. The molecule has 0 spiro atoms. The van der Waals surface area contributed by atoms with E-state index in [2.05, 4.69) is 20.8 Å². The van der Waals surface area contributed by atoms with Gasteiger partial charge in [0.1, 0.15) is 0 Å². The standard InChI is InChI=1S/C13H26N6O/c1-3-20-13(8-6-4-5-7-9-13)11(15-14)10-12-16-18-19(2)17-12/h11,15H,3-10,14H2,1-2H3. The summed E-state index contributed by atoms with van der Waals surface area (Å²) in [7, 11) is 1.77. The number of hydrogen-bond acceptors (Lipinski definition) is 6. The van der Waals surface area contributed by atoms with Gasteiger partial charge in [-0.1, -0.05) is 25.7 Å². The highest BCUT2D eigenvalue weighted by Crippen LogP contribution is 2.34. The number of hydrazine groups is 1. The van der Waals surface area contributed by atoms with Gasteiger partial charge in [-0.3, -0.25) is 11.3 Å². The van der Waals surface area contributed by atoms with E-state index in [9.17, 15) is 0 Å². The Balaban J connectivity index is 2.15. The zero-order valence-corrected chi connectivity index (χ0v) is 12.5. The van der Waals surface area contributed by atoms with Gasteiger partial charge in [-0.15, -0.1) is 10.2 Å². The second-order valence-corrected chi connectivity index (χ2v) is 5.53. The molecule has 1 saturated carbocycles. The smallest absolute Gasteiger partial charge is 0.176 e. The van der Waals surface area contributed by atoms with Crippen LogP contribution in [0.2, 0.25) is 0 Å². The highest BCUT2D eigenvalue weighted by molar-refractivity contribution is 4.98. The van der Waals surface area contributed by atoms with E-state index in [0.717, 1.165) is 12.8 Å². The first-order valence-electron chi connectivity index (χ1n) is 7.53. The summed E-state index contributed by atoms with van der Waals surface area (Å²) in [6.45, 7) is 2.74. The number of ether oxygens (including phenoxy) is 1. The Morgan fingerprint density at radius 1 is 1.35 bits per heavy atom. The summed E-state index contributed by atoms with van der Waals surface area (Å²) >= 11 is 0. The Hall–Kier alpha value is -1.05. The van der Waals surface area contributed by atoms with Gasteiger partial charge in [-0.05, 0) is 25.0 Å². The second kappa shape index (κ2) is 7.10. The summed E-state index contributed by atoms with van der Waals surface area (Å²) < 4.78 is 6.16. The number of rotatable bonds is 6. The van der Waals surface area contributed by atoms with Gasteiger partial charge in [0.2, 0.25) is 0 Å². The van der Waals surface area contributed by atoms with Crippen molar-refractivity contribution in [1.29, 1.82) is 0 Å². The van der Waals surface area contributed by atoms with Crippen LogP contribution in [-0.4, -0.2) is 38.5 Å². The van der Waals surface area contributed by atoms with E-state index in [1.807, 2.05) is 6.92 Å². The molecule has 2 rings (SSSR count). The fourth-order valence-electron chi connectivity index (χ4n) is 3.19. The van der Waals surface area contributed by atoms with Crippen LogP contribution in [0.4, 0.5) is 0 Å². The number of nitrogens with one attached hydrogen (secondary N) is 1. The SMILES string of the molecule is CCOC1(C(Cc2nnn(C)n2)NN)CCCCCC1. The first-order chi connectivity index (χ1) is 9.70. The minimum Gasteiger partial charge on any atom is -0.374 e. The highest BCUT2D eigenvalue weighted by atomic mass is 16.5. The van der Waals surface area contributed by atoms with Gasteiger partial charge in [-0.2, -0.15) is 4.80 Å². The van der Waals surface area contributed by atoms with Crippen LogP contribution in [0.1, 0.15) is 51.3 Å². The van der Waals surface area contributed by atoms with Crippen molar-refractivity contribution in [3.63, 3.8) is 0 Å². The Kier molecular flexibility index (Phi) is 5.45. The first-order valence-corrected chi connectivity index (χ1v) is 7.53. The van der Waals surface area contributed by atoms with Crippen molar-refractivity contribution in [3.05, 3.63) is 5.82 Å². The van der Waals surface area contributed by atoms with Crippen LogP contribution in [0.3, 0.4) is 0 Å². The van der Waals surface area contributed by atoms with Gasteiger partial charge in [0, 0.05) is 13.0 Å². The van der Waals surface area contributed by atoms with Crippen LogP contribution in [0.25, 0.3) is 0 Å². The third kappa shape index (κ3) is 3.53. The van der Waals surface area contributed by atoms with E-state index in [0.29, 0.717) is 18.9 Å². The number of nitrogens with two attached hydrogens (primary N) is 1. The lowest BCUT2D eigenvalue weighted by Crippen LogP contribution is -2.56. The Bertz CT molecular complexity index is 399. The zero-order valence-electron chi connectivity index (χ0n) is 12.5. The van der Waals surface area contributed by atoms with E-state index in [1.165, 1.54) is 30.5 Å². The van der Waals surface area contributed by atoms with Gasteiger partial charge in [0.15, 0.2) is 5.82 Å². The van der Waals surface area contributed by atoms with Crippen molar-refractivity contribution in [2.45, 2.75) is 63.5 Å². The van der Waals surface area contributed by atoms with Crippen molar-refractivity contribution in [2.24, 2.45) is 12.9 Å². The Morgan fingerprint density at radius 3 is 2.55 bits per heavy atom. The molecule has 0 radical (unpaired) electrons. The summed E-state index contributed by atoms with van der Waals surface area (Å²) in [5, 5.41) is 12.2. The average molecular weight is 282 g/mol. The molecule has 1 atom stereocenters. The van der Waals surface area contributed by atoms with E-state index in [-0.39, 0.29) is 11.6 Å². The Labute approximate surface area is 120 Å². The summed E-state index contributed by atoms with van der Waals surface area (Å²) in [5.41, 5.74) is 2.73. The lowest BCUT2D eigenvalue weighted by molar-refractivity contribution is -0.0772. The fraction of sp³-hybridized carbons (Fsp3) is 0.923. The van der Waals surface area contributed by atoms with Gasteiger partial charge in [0.25, 0.3) is 0 Å². The average Bonchev–Trinajstić information content (AvgIpc) is 2.71. The predicted octanol–water partition coefficient (Wildman–Crippen LogP) is 0.714. The molecule has 0 bridgehead atoms. The molecular weight excluding hydrogens is 256 g/mol. The van der Waals surface area contributed by atoms with Crippen molar-refractivity contribution in [3.8, 4) is 0 Å². The van der Waals surface area contributed by atoms with Crippen molar-refractivity contribution in [1.82, 2.24) is 25.6 Å². The molecule has 1 heterocycles. The molecule has 0 amide bonds. The van der Waals surface area contributed by atoms with Crippen molar-refractivity contribution < 1.29 is 4.74 Å². The van der Waals surface area contributed by atoms with Crippen molar-refractivity contribution >= 4 is 0 Å². The van der Waals surface area contributed by atoms with Gasteiger partial charge in [-0.25, -0.2) is 0 Å². The number of hydrogen-bond donors (Lipinski definition) is 2. The molecule has 1 fully saturated rings. The molecule has 7 nitrogen and oxygen atoms in total. The van der Waals surface area contributed by atoms with Crippen LogP contribution in [-0.2, 0) is 18.2 Å². The molecule has 1 unspecified atom stereocenters. The summed E-state index contributed by atoms with van der Waals surface area (Å²) in [4.78, 5) is 1.48. The zero-order chi connectivity index (χ0) is 14.4. The maximum absolute atomic E-state index is 6.16. The van der Waals surface area contributed by atoms with Gasteiger partial charge >= 0.3 is 0 Å². The summed E-state index contributed by atoms with van der Waals surface area (Å²) in [6.07, 6.45) is 7.64. The molecule has 1 aromatic heterocycles. The van der Waals surface area contributed by atoms with Gasteiger partial charge in [0.05, 0.1) is 18.7 Å². The molecule has 0 saturated heterocycles. The normalized spacial score (nSPS) is 20.6. The molecule has 1 aromatic rings. The molecule has 0 aliphatic heterocycles. The maximum Gasteiger partial charge on any atom is 0.176 e. The number of tetrazole rings is 1. The molecule has 0 aromatic carbocycles.